The van der Waals surface area contributed by atoms with Crippen LogP contribution in [0.3, 0.4) is 0 Å². The zero-order valence-electron chi connectivity index (χ0n) is 6.72. The molecule has 0 bridgehead atoms. The van der Waals surface area contributed by atoms with Gasteiger partial charge in [-0.15, -0.1) is 0 Å². The predicted octanol–water partition coefficient (Wildman–Crippen LogP) is -0.889. The molecule has 0 radical (unpaired) electrons. The van der Waals surface area contributed by atoms with Crippen molar-refractivity contribution in [2.75, 3.05) is 26.7 Å². The summed E-state index contributed by atoms with van der Waals surface area (Å²) in [4.78, 5) is 10.2. The first-order chi connectivity index (χ1) is 5.33. The van der Waals surface area contributed by atoms with Gasteiger partial charge in [-0.25, -0.2) is 0 Å². The van der Waals surface area contributed by atoms with Gasteiger partial charge in [0.05, 0.1) is 0 Å². The van der Waals surface area contributed by atoms with Crippen LogP contribution in [0.2, 0.25) is 0 Å². The Hall–Kier alpha value is -0.610. The smallest absolute Gasteiger partial charge is 0.293 e. The highest BCUT2D eigenvalue weighted by Crippen LogP contribution is 2.17. The van der Waals surface area contributed by atoms with Crippen molar-refractivity contribution in [2.24, 2.45) is 0 Å². The summed E-state index contributed by atoms with van der Waals surface area (Å²) in [5, 5.41) is 6.17. The number of likely N-dealkylation sites (N-methyl/N-ethyl adjacent to an activating group) is 1. The molecule has 1 unspecified atom stereocenters. The second-order valence-corrected chi connectivity index (χ2v) is 2.85. The van der Waals surface area contributed by atoms with Crippen LogP contribution < -0.4 is 10.6 Å². The summed E-state index contributed by atoms with van der Waals surface area (Å²) in [6, 6.07) is 0. The van der Waals surface area contributed by atoms with Crippen LogP contribution in [-0.2, 0) is 9.53 Å². The fourth-order valence-electron chi connectivity index (χ4n) is 1.44. The number of ether oxygens (including phenoxy) is 1. The van der Waals surface area contributed by atoms with Crippen LogP contribution in [0.15, 0.2) is 0 Å². The van der Waals surface area contributed by atoms with Crippen molar-refractivity contribution >= 4 is 6.47 Å². The van der Waals surface area contributed by atoms with Crippen molar-refractivity contribution in [2.45, 2.75) is 12.0 Å². The molecule has 1 heterocycles. The van der Waals surface area contributed by atoms with E-state index < -0.39 is 0 Å². The van der Waals surface area contributed by atoms with E-state index in [1.165, 1.54) is 0 Å². The van der Waals surface area contributed by atoms with E-state index in [9.17, 15) is 4.79 Å². The molecule has 0 aromatic heterocycles. The highest BCUT2D eigenvalue weighted by atomic mass is 16.5. The molecule has 4 nitrogen and oxygen atoms in total. The first-order valence-electron chi connectivity index (χ1n) is 3.80. The third-order valence-electron chi connectivity index (χ3n) is 2.00. The summed E-state index contributed by atoms with van der Waals surface area (Å²) in [7, 11) is 1.86. The topological polar surface area (TPSA) is 50.4 Å². The number of hydrogen-bond donors (Lipinski definition) is 2. The average Bonchev–Trinajstić information content (AvgIpc) is 2.39. The molecule has 0 spiro atoms. The van der Waals surface area contributed by atoms with E-state index in [2.05, 4.69) is 10.6 Å². The largest absolute Gasteiger partial charge is 0.459 e. The Balaban J connectivity index is 2.46. The highest BCUT2D eigenvalue weighted by molar-refractivity contribution is 5.38. The van der Waals surface area contributed by atoms with Crippen LogP contribution >= 0.6 is 0 Å². The minimum atomic E-state index is -0.295. The third-order valence-corrected chi connectivity index (χ3v) is 2.00. The summed E-state index contributed by atoms with van der Waals surface area (Å²) in [6.07, 6.45) is 0.895. The zero-order chi connectivity index (χ0) is 8.16. The fourth-order valence-corrected chi connectivity index (χ4v) is 1.44. The molecule has 1 fully saturated rings. The second kappa shape index (κ2) is 3.69. The molecule has 11 heavy (non-hydrogen) atoms. The molecular weight excluding hydrogens is 144 g/mol. The monoisotopic (exact) mass is 158 g/mol. The summed E-state index contributed by atoms with van der Waals surface area (Å²) < 4.78 is 5.03. The summed E-state index contributed by atoms with van der Waals surface area (Å²) in [5.74, 6) is 0. The zero-order valence-corrected chi connectivity index (χ0v) is 6.72. The molecule has 0 saturated carbocycles. The van der Waals surface area contributed by atoms with Crippen molar-refractivity contribution in [3.05, 3.63) is 0 Å². The Morgan fingerprint density at radius 3 is 3.09 bits per heavy atom. The van der Waals surface area contributed by atoms with Crippen molar-refractivity contribution in [1.29, 1.82) is 0 Å². The molecule has 0 aliphatic carbocycles. The van der Waals surface area contributed by atoms with E-state index in [-0.39, 0.29) is 5.60 Å². The number of rotatable bonds is 4. The second-order valence-electron chi connectivity index (χ2n) is 2.85. The lowest BCUT2D eigenvalue weighted by Gasteiger charge is -2.25. The van der Waals surface area contributed by atoms with Crippen LogP contribution in [0, 0.1) is 0 Å². The van der Waals surface area contributed by atoms with Gasteiger partial charge in [-0.05, 0) is 13.6 Å². The molecule has 1 atom stereocenters. The number of carbonyl (C=O) groups is 1. The minimum absolute atomic E-state index is 0.295. The van der Waals surface area contributed by atoms with Gasteiger partial charge in [0.25, 0.3) is 6.47 Å². The Labute approximate surface area is 66.3 Å². The number of carbonyl (C=O) groups excluding carboxylic acids is 1. The van der Waals surface area contributed by atoms with Crippen LogP contribution in [0.1, 0.15) is 6.42 Å². The fraction of sp³-hybridized carbons (Fsp3) is 0.857. The first kappa shape index (κ1) is 8.49. The Morgan fingerprint density at radius 1 is 1.82 bits per heavy atom. The molecule has 1 aliphatic rings. The lowest BCUT2D eigenvalue weighted by Crippen LogP contribution is -2.43. The van der Waals surface area contributed by atoms with Crippen LogP contribution in [0.4, 0.5) is 0 Å². The van der Waals surface area contributed by atoms with Gasteiger partial charge in [0, 0.05) is 19.5 Å². The normalized spacial score (nSPS) is 30.3. The van der Waals surface area contributed by atoms with Crippen LogP contribution in [-0.4, -0.2) is 38.8 Å². The highest BCUT2D eigenvalue weighted by Gasteiger charge is 2.34. The van der Waals surface area contributed by atoms with Crippen molar-refractivity contribution in [1.82, 2.24) is 10.6 Å². The molecule has 0 aromatic carbocycles. The van der Waals surface area contributed by atoms with Gasteiger partial charge in [0.1, 0.15) is 5.60 Å². The van der Waals surface area contributed by atoms with Gasteiger partial charge in [0.15, 0.2) is 0 Å². The van der Waals surface area contributed by atoms with Gasteiger partial charge in [-0.1, -0.05) is 0 Å². The van der Waals surface area contributed by atoms with E-state index in [0.717, 1.165) is 26.1 Å². The Kier molecular flexibility index (Phi) is 2.84. The standard InChI is InChI=1S/C7H14N2O2/c1-8-4-7(11-6-10)2-3-9-5-7/h6,8-9H,2-5H2,1H3. The van der Waals surface area contributed by atoms with Crippen molar-refractivity contribution < 1.29 is 9.53 Å². The molecule has 64 valence electrons. The molecule has 2 N–H and O–H groups in total. The van der Waals surface area contributed by atoms with Gasteiger partial charge >= 0.3 is 0 Å². The van der Waals surface area contributed by atoms with Crippen LogP contribution in [0.5, 0.6) is 0 Å². The van der Waals surface area contributed by atoms with Gasteiger partial charge in [-0.3, -0.25) is 4.79 Å². The number of nitrogens with one attached hydrogen (secondary N) is 2. The lowest BCUT2D eigenvalue weighted by atomic mass is 10.0. The first-order valence-corrected chi connectivity index (χ1v) is 3.80. The predicted molar refractivity (Wildman–Crippen MR) is 41.3 cm³/mol. The van der Waals surface area contributed by atoms with E-state index in [1.54, 1.807) is 0 Å². The SMILES string of the molecule is CNCC1(OC=O)CCNC1. The van der Waals surface area contributed by atoms with E-state index >= 15 is 0 Å². The average molecular weight is 158 g/mol. The maximum Gasteiger partial charge on any atom is 0.293 e. The molecule has 0 aromatic rings. The van der Waals surface area contributed by atoms with Crippen molar-refractivity contribution in [3.8, 4) is 0 Å². The minimum Gasteiger partial charge on any atom is -0.459 e. The quantitative estimate of drug-likeness (QED) is 0.521. The van der Waals surface area contributed by atoms with E-state index in [1.807, 2.05) is 7.05 Å². The summed E-state index contributed by atoms with van der Waals surface area (Å²) >= 11 is 0. The molecular formula is C7H14N2O2. The molecule has 4 heteroatoms. The molecule has 1 aliphatic heterocycles. The molecule has 0 amide bonds. The third kappa shape index (κ3) is 1.91. The Morgan fingerprint density at radius 2 is 2.64 bits per heavy atom. The van der Waals surface area contributed by atoms with Crippen LogP contribution in [0.25, 0.3) is 0 Å². The lowest BCUT2D eigenvalue weighted by molar-refractivity contribution is -0.141. The van der Waals surface area contributed by atoms with Gasteiger partial charge in [-0.2, -0.15) is 0 Å². The maximum absolute atomic E-state index is 10.2. The van der Waals surface area contributed by atoms with Crippen molar-refractivity contribution in [3.63, 3.8) is 0 Å². The number of hydrogen-bond acceptors (Lipinski definition) is 4. The molecule has 1 rings (SSSR count). The summed E-state index contributed by atoms with van der Waals surface area (Å²) in [6.45, 7) is 2.94. The van der Waals surface area contributed by atoms with E-state index in [0.29, 0.717) is 6.47 Å². The summed E-state index contributed by atoms with van der Waals surface area (Å²) in [5.41, 5.74) is -0.295. The maximum atomic E-state index is 10.2. The van der Waals surface area contributed by atoms with Gasteiger partial charge in [0.2, 0.25) is 0 Å². The molecule has 1 saturated heterocycles. The Bertz CT molecular complexity index is 132. The van der Waals surface area contributed by atoms with Gasteiger partial charge < -0.3 is 15.4 Å². The van der Waals surface area contributed by atoms with E-state index in [4.69, 9.17) is 4.74 Å².